The molecule has 9 heteroatoms. The number of hydrogen-bond acceptors (Lipinski definition) is 5. The molecule has 2 aromatic heterocycles. The highest BCUT2D eigenvalue weighted by atomic mass is 32.1. The largest absolute Gasteiger partial charge is 0.478 e. The van der Waals surface area contributed by atoms with Crippen molar-refractivity contribution in [2.75, 3.05) is 36.1 Å². The molecule has 2 aliphatic heterocycles. The van der Waals surface area contributed by atoms with Crippen LogP contribution in [0.25, 0.3) is 5.69 Å². The highest BCUT2D eigenvalue weighted by Gasteiger charge is 2.42. The van der Waals surface area contributed by atoms with Crippen LogP contribution in [0.1, 0.15) is 33.8 Å². The van der Waals surface area contributed by atoms with Crippen molar-refractivity contribution in [3.8, 4) is 5.69 Å². The summed E-state index contributed by atoms with van der Waals surface area (Å²) in [4.78, 5) is 20.5. The summed E-state index contributed by atoms with van der Waals surface area (Å²) < 4.78 is 7.58. The summed E-state index contributed by atoms with van der Waals surface area (Å²) in [6, 6.07) is 25.0. The SMILES string of the molecule is O=C(O)c1ccc(-n2cccc2[C@@H]2[C@@H](c3ccccn3)NC(=S)N2c2ccc(N3CCOCC3)cc2)cc1. The van der Waals surface area contributed by atoms with E-state index in [0.29, 0.717) is 5.11 Å². The first kappa shape index (κ1) is 24.1. The van der Waals surface area contributed by atoms with Crippen molar-refractivity contribution in [2.45, 2.75) is 12.1 Å². The lowest BCUT2D eigenvalue weighted by Crippen LogP contribution is -2.36. The van der Waals surface area contributed by atoms with Crippen molar-refractivity contribution in [1.29, 1.82) is 0 Å². The van der Waals surface area contributed by atoms with Gasteiger partial charge in [-0.1, -0.05) is 6.07 Å². The van der Waals surface area contributed by atoms with Crippen molar-refractivity contribution < 1.29 is 14.6 Å². The lowest BCUT2D eigenvalue weighted by atomic mass is 10.0. The number of morpholine rings is 1. The molecular formula is C29H27N5O3S. The molecule has 8 nitrogen and oxygen atoms in total. The molecule has 2 N–H and O–H groups in total. The Kier molecular flexibility index (Phi) is 6.53. The summed E-state index contributed by atoms with van der Waals surface area (Å²) >= 11 is 5.90. The van der Waals surface area contributed by atoms with Gasteiger partial charge in [0.25, 0.3) is 0 Å². The van der Waals surface area contributed by atoms with Gasteiger partial charge in [-0.05, 0) is 85.0 Å². The second-order valence-corrected chi connectivity index (χ2v) is 9.65. The van der Waals surface area contributed by atoms with Gasteiger partial charge in [0.15, 0.2) is 5.11 Å². The molecule has 192 valence electrons. The smallest absolute Gasteiger partial charge is 0.335 e. The van der Waals surface area contributed by atoms with E-state index >= 15 is 0 Å². The van der Waals surface area contributed by atoms with E-state index in [2.05, 4.69) is 55.0 Å². The molecule has 0 amide bonds. The molecule has 0 aliphatic carbocycles. The molecule has 2 saturated heterocycles. The molecule has 0 unspecified atom stereocenters. The van der Waals surface area contributed by atoms with E-state index in [4.69, 9.17) is 17.0 Å². The van der Waals surface area contributed by atoms with Gasteiger partial charge >= 0.3 is 5.97 Å². The normalized spacial score (nSPS) is 19.4. The van der Waals surface area contributed by atoms with E-state index in [1.807, 2.05) is 42.6 Å². The van der Waals surface area contributed by atoms with Crippen LogP contribution in [0.5, 0.6) is 0 Å². The summed E-state index contributed by atoms with van der Waals surface area (Å²) in [7, 11) is 0. The van der Waals surface area contributed by atoms with Crippen LogP contribution in [0, 0.1) is 0 Å². The molecule has 0 saturated carbocycles. The monoisotopic (exact) mass is 525 g/mol. The van der Waals surface area contributed by atoms with Gasteiger partial charge in [0.05, 0.1) is 30.5 Å². The zero-order chi connectivity index (χ0) is 26.1. The molecule has 2 fully saturated rings. The number of benzene rings is 2. The quantitative estimate of drug-likeness (QED) is 0.354. The lowest BCUT2D eigenvalue weighted by Gasteiger charge is -2.31. The van der Waals surface area contributed by atoms with Crippen LogP contribution in [0.15, 0.2) is 91.3 Å². The van der Waals surface area contributed by atoms with E-state index < -0.39 is 5.97 Å². The Bertz CT molecular complexity index is 1430. The number of rotatable bonds is 6. The first-order valence-electron chi connectivity index (χ1n) is 12.5. The van der Waals surface area contributed by atoms with E-state index in [9.17, 15) is 9.90 Å². The third-order valence-corrected chi connectivity index (χ3v) is 7.39. The first-order chi connectivity index (χ1) is 18.6. The fourth-order valence-corrected chi connectivity index (χ4v) is 5.56. The zero-order valence-electron chi connectivity index (χ0n) is 20.6. The summed E-state index contributed by atoms with van der Waals surface area (Å²) in [6.45, 7) is 3.23. The van der Waals surface area contributed by atoms with Crippen LogP contribution in [0.2, 0.25) is 0 Å². The highest BCUT2D eigenvalue weighted by molar-refractivity contribution is 7.80. The predicted molar refractivity (Wildman–Crippen MR) is 150 cm³/mol. The number of aromatic nitrogens is 2. The van der Waals surface area contributed by atoms with E-state index in [1.54, 1.807) is 18.3 Å². The Morgan fingerprint density at radius 3 is 2.32 bits per heavy atom. The van der Waals surface area contributed by atoms with Gasteiger partial charge < -0.3 is 29.5 Å². The number of carbonyl (C=O) groups is 1. The number of nitrogens with one attached hydrogen (secondary N) is 1. The average molecular weight is 526 g/mol. The number of nitrogens with zero attached hydrogens (tertiary/aromatic N) is 4. The van der Waals surface area contributed by atoms with Gasteiger partial charge in [-0.2, -0.15) is 0 Å². The summed E-state index contributed by atoms with van der Waals surface area (Å²) in [5, 5.41) is 13.5. The van der Waals surface area contributed by atoms with Gasteiger partial charge in [-0.15, -0.1) is 0 Å². The maximum absolute atomic E-state index is 11.4. The van der Waals surface area contributed by atoms with Crippen LogP contribution < -0.4 is 15.1 Å². The molecule has 0 bridgehead atoms. The maximum Gasteiger partial charge on any atom is 0.335 e. The summed E-state index contributed by atoms with van der Waals surface area (Å²) in [5.74, 6) is -0.948. The number of pyridine rings is 1. The van der Waals surface area contributed by atoms with Gasteiger partial charge in [-0.25, -0.2) is 4.79 Å². The first-order valence-corrected chi connectivity index (χ1v) is 13.0. The molecule has 38 heavy (non-hydrogen) atoms. The molecule has 0 radical (unpaired) electrons. The molecule has 2 atom stereocenters. The van der Waals surface area contributed by atoms with Crippen molar-refractivity contribution in [3.63, 3.8) is 0 Å². The maximum atomic E-state index is 11.4. The minimum Gasteiger partial charge on any atom is -0.478 e. The predicted octanol–water partition coefficient (Wildman–Crippen LogP) is 4.58. The summed E-state index contributed by atoms with van der Waals surface area (Å²) in [6.07, 6.45) is 3.78. The van der Waals surface area contributed by atoms with Gasteiger partial charge in [-0.3, -0.25) is 4.98 Å². The van der Waals surface area contributed by atoms with Crippen molar-refractivity contribution >= 4 is 34.7 Å². The Morgan fingerprint density at radius 2 is 1.63 bits per heavy atom. The molecular weight excluding hydrogens is 498 g/mol. The number of hydrogen-bond donors (Lipinski definition) is 2. The fourth-order valence-electron chi connectivity index (χ4n) is 5.21. The second-order valence-electron chi connectivity index (χ2n) is 9.27. The number of aromatic carboxylic acids is 1. The molecule has 0 spiro atoms. The van der Waals surface area contributed by atoms with E-state index in [-0.39, 0.29) is 17.6 Å². The Labute approximate surface area is 226 Å². The molecule has 2 aliphatic rings. The van der Waals surface area contributed by atoms with E-state index in [1.165, 1.54) is 0 Å². The topological polar surface area (TPSA) is 82.9 Å². The Hall–Kier alpha value is -4.21. The van der Waals surface area contributed by atoms with Crippen LogP contribution in [-0.2, 0) is 4.74 Å². The lowest BCUT2D eigenvalue weighted by molar-refractivity contribution is 0.0697. The number of ether oxygens (including phenoxy) is 1. The number of carboxylic acids is 1. The Balaban J connectivity index is 1.40. The number of carboxylic acid groups (broad SMARTS) is 1. The molecule has 2 aromatic carbocycles. The van der Waals surface area contributed by atoms with Crippen molar-refractivity contribution in [3.05, 3.63) is 108 Å². The zero-order valence-corrected chi connectivity index (χ0v) is 21.4. The minimum absolute atomic E-state index is 0.186. The highest BCUT2D eigenvalue weighted by Crippen LogP contribution is 2.42. The van der Waals surface area contributed by atoms with Crippen LogP contribution >= 0.6 is 12.2 Å². The van der Waals surface area contributed by atoms with Gasteiger partial charge in [0.1, 0.15) is 6.04 Å². The van der Waals surface area contributed by atoms with Crippen LogP contribution in [-0.4, -0.2) is 52.0 Å². The molecule has 4 heterocycles. The molecule has 4 aromatic rings. The Morgan fingerprint density at radius 1 is 0.921 bits per heavy atom. The van der Waals surface area contributed by atoms with Gasteiger partial charge in [0, 0.05) is 48.2 Å². The number of thiocarbonyl (C=S) groups is 1. The fraction of sp³-hybridized carbons (Fsp3) is 0.207. The standard InChI is InChI=1S/C29H27N5O3S/c35-28(36)20-6-8-22(9-7-20)33-15-3-5-25(33)27-26(24-4-1-2-14-30-24)31-29(38)34(27)23-12-10-21(11-13-23)32-16-18-37-19-17-32/h1-15,26-27H,16-19H2,(H,31,38)(H,35,36)/t26-,27-/m1/s1. The third kappa shape index (κ3) is 4.51. The minimum atomic E-state index is -0.948. The molecule has 6 rings (SSSR count). The third-order valence-electron chi connectivity index (χ3n) is 7.08. The van der Waals surface area contributed by atoms with Crippen LogP contribution in [0.3, 0.4) is 0 Å². The second kappa shape index (κ2) is 10.3. The van der Waals surface area contributed by atoms with Crippen molar-refractivity contribution in [2.24, 2.45) is 0 Å². The van der Waals surface area contributed by atoms with Crippen molar-refractivity contribution in [1.82, 2.24) is 14.9 Å². The number of anilines is 2. The average Bonchev–Trinajstić information content (AvgIpc) is 3.58. The van der Waals surface area contributed by atoms with E-state index in [0.717, 1.165) is 54.8 Å². The van der Waals surface area contributed by atoms with Gasteiger partial charge in [0.2, 0.25) is 0 Å². The van der Waals surface area contributed by atoms with Crippen LogP contribution in [0.4, 0.5) is 11.4 Å². The summed E-state index contributed by atoms with van der Waals surface area (Å²) in [5.41, 5.74) is 5.16.